The maximum absolute atomic E-state index is 13.1. The van der Waals surface area contributed by atoms with Gasteiger partial charge >= 0.3 is 12.0 Å². The SMILES string of the molecule is COC(=O)[C@H](CC(C)(F)F)NC(=O)N1CCC2(CC1)CC2. The molecule has 0 aromatic rings. The number of esters is 1. The van der Waals surface area contributed by atoms with Gasteiger partial charge in [-0.3, -0.25) is 0 Å². The van der Waals surface area contributed by atoms with Gasteiger partial charge in [0.1, 0.15) is 6.04 Å². The quantitative estimate of drug-likeness (QED) is 0.810. The highest BCUT2D eigenvalue weighted by Crippen LogP contribution is 2.53. The molecule has 120 valence electrons. The van der Waals surface area contributed by atoms with E-state index in [0.717, 1.165) is 20.0 Å². The molecule has 2 rings (SSSR count). The Morgan fingerprint density at radius 1 is 1.29 bits per heavy atom. The van der Waals surface area contributed by atoms with Gasteiger partial charge in [-0.1, -0.05) is 0 Å². The number of nitrogens with one attached hydrogen (secondary N) is 1. The molecule has 21 heavy (non-hydrogen) atoms. The van der Waals surface area contributed by atoms with Crippen molar-refractivity contribution >= 4 is 12.0 Å². The van der Waals surface area contributed by atoms with Gasteiger partial charge in [0.05, 0.1) is 7.11 Å². The molecule has 7 heteroatoms. The summed E-state index contributed by atoms with van der Waals surface area (Å²) in [5.41, 5.74) is 0.426. The second-order valence-corrected chi connectivity index (χ2v) is 6.29. The summed E-state index contributed by atoms with van der Waals surface area (Å²) in [6.45, 7) is 1.94. The topological polar surface area (TPSA) is 58.6 Å². The molecule has 1 saturated carbocycles. The van der Waals surface area contributed by atoms with Crippen molar-refractivity contribution in [3.05, 3.63) is 0 Å². The number of hydrogen-bond donors (Lipinski definition) is 1. The zero-order valence-corrected chi connectivity index (χ0v) is 12.5. The van der Waals surface area contributed by atoms with Crippen LogP contribution in [0.5, 0.6) is 0 Å². The number of piperidine rings is 1. The maximum atomic E-state index is 13.1. The summed E-state index contributed by atoms with van der Waals surface area (Å²) < 4.78 is 30.7. The zero-order valence-electron chi connectivity index (χ0n) is 12.5. The van der Waals surface area contributed by atoms with Crippen molar-refractivity contribution < 1.29 is 23.1 Å². The number of ether oxygens (including phenoxy) is 1. The Morgan fingerprint density at radius 3 is 2.29 bits per heavy atom. The first-order valence-electron chi connectivity index (χ1n) is 7.26. The van der Waals surface area contributed by atoms with Gasteiger partial charge in [0.15, 0.2) is 0 Å². The van der Waals surface area contributed by atoms with Crippen LogP contribution < -0.4 is 5.32 Å². The Bertz CT molecular complexity index is 409. The molecule has 2 fully saturated rings. The van der Waals surface area contributed by atoms with E-state index in [1.807, 2.05) is 0 Å². The Morgan fingerprint density at radius 2 is 1.86 bits per heavy atom. The van der Waals surface area contributed by atoms with Gasteiger partial charge in [-0.15, -0.1) is 0 Å². The number of rotatable bonds is 4. The van der Waals surface area contributed by atoms with Crippen LogP contribution in [0.25, 0.3) is 0 Å². The Hall–Kier alpha value is -1.40. The fourth-order valence-electron chi connectivity index (χ4n) is 2.80. The van der Waals surface area contributed by atoms with Gasteiger partial charge in [-0.05, 0) is 38.0 Å². The number of likely N-dealkylation sites (tertiary alicyclic amines) is 1. The lowest BCUT2D eigenvalue weighted by Crippen LogP contribution is -2.51. The molecule has 1 atom stereocenters. The number of nitrogens with zero attached hydrogens (tertiary/aromatic N) is 1. The average Bonchev–Trinajstić information content (AvgIpc) is 3.15. The van der Waals surface area contributed by atoms with E-state index in [0.29, 0.717) is 25.4 Å². The summed E-state index contributed by atoms with van der Waals surface area (Å²) in [7, 11) is 1.12. The van der Waals surface area contributed by atoms with Crippen molar-refractivity contribution in [2.75, 3.05) is 20.2 Å². The molecule has 1 N–H and O–H groups in total. The van der Waals surface area contributed by atoms with Gasteiger partial charge in [-0.25, -0.2) is 18.4 Å². The zero-order chi connectivity index (χ0) is 15.7. The number of carbonyl (C=O) groups excluding carboxylic acids is 2. The normalized spacial score (nSPS) is 21.8. The van der Waals surface area contributed by atoms with Crippen LogP contribution >= 0.6 is 0 Å². The molecule has 0 bridgehead atoms. The fraction of sp³-hybridized carbons (Fsp3) is 0.857. The Balaban J connectivity index is 1.89. The Labute approximate surface area is 123 Å². The summed E-state index contributed by atoms with van der Waals surface area (Å²) in [5.74, 6) is -3.90. The van der Waals surface area contributed by atoms with E-state index in [2.05, 4.69) is 10.1 Å². The van der Waals surface area contributed by atoms with E-state index in [4.69, 9.17) is 0 Å². The van der Waals surface area contributed by atoms with Crippen molar-refractivity contribution in [1.82, 2.24) is 10.2 Å². The summed E-state index contributed by atoms with van der Waals surface area (Å²) >= 11 is 0. The first-order chi connectivity index (χ1) is 9.75. The maximum Gasteiger partial charge on any atom is 0.328 e. The molecule has 0 unspecified atom stereocenters. The van der Waals surface area contributed by atoms with Crippen molar-refractivity contribution in [2.45, 2.75) is 51.0 Å². The molecule has 2 aliphatic rings. The number of amides is 2. The van der Waals surface area contributed by atoms with E-state index in [9.17, 15) is 18.4 Å². The van der Waals surface area contributed by atoms with Crippen LogP contribution in [0, 0.1) is 5.41 Å². The monoisotopic (exact) mass is 304 g/mol. The molecule has 5 nitrogen and oxygen atoms in total. The molecule has 0 aromatic carbocycles. The highest BCUT2D eigenvalue weighted by Gasteiger charge is 2.45. The molecule has 0 radical (unpaired) electrons. The average molecular weight is 304 g/mol. The van der Waals surface area contributed by atoms with Crippen LogP contribution in [0.15, 0.2) is 0 Å². The number of halogens is 2. The van der Waals surface area contributed by atoms with E-state index in [1.165, 1.54) is 12.8 Å². The van der Waals surface area contributed by atoms with Crippen molar-refractivity contribution in [2.24, 2.45) is 5.41 Å². The molecule has 1 aliphatic carbocycles. The standard InChI is InChI=1S/C14H22F2N2O3/c1-13(15,16)9-10(11(19)21-2)17-12(20)18-7-5-14(3-4-14)6-8-18/h10H,3-9H2,1-2H3,(H,17,20)/t10-/m0/s1. The van der Waals surface area contributed by atoms with Crippen molar-refractivity contribution in [3.63, 3.8) is 0 Å². The van der Waals surface area contributed by atoms with Crippen LogP contribution in [-0.4, -0.2) is 49.1 Å². The fourth-order valence-corrected chi connectivity index (χ4v) is 2.80. The minimum atomic E-state index is -3.05. The van der Waals surface area contributed by atoms with E-state index in [-0.39, 0.29) is 0 Å². The third-order valence-corrected chi connectivity index (χ3v) is 4.41. The largest absolute Gasteiger partial charge is 0.467 e. The van der Waals surface area contributed by atoms with Crippen molar-refractivity contribution in [1.29, 1.82) is 0 Å². The van der Waals surface area contributed by atoms with Crippen LogP contribution in [0.1, 0.15) is 39.0 Å². The predicted octanol–water partition coefficient (Wildman–Crippen LogP) is 2.16. The summed E-state index contributed by atoms with van der Waals surface area (Å²) in [4.78, 5) is 25.2. The number of hydrogen-bond acceptors (Lipinski definition) is 3. The highest BCUT2D eigenvalue weighted by atomic mass is 19.3. The van der Waals surface area contributed by atoms with Gasteiger partial charge in [0.25, 0.3) is 0 Å². The molecular formula is C14H22F2N2O3. The minimum absolute atomic E-state index is 0.426. The Kier molecular flexibility index (Phi) is 4.39. The lowest BCUT2D eigenvalue weighted by Gasteiger charge is -2.33. The predicted molar refractivity (Wildman–Crippen MR) is 72.0 cm³/mol. The van der Waals surface area contributed by atoms with E-state index in [1.54, 1.807) is 4.90 Å². The molecule has 0 aromatic heterocycles. The molecule has 1 saturated heterocycles. The summed E-state index contributed by atoms with van der Waals surface area (Å²) in [6.07, 6.45) is 3.58. The number of alkyl halides is 2. The molecule has 2 amide bonds. The van der Waals surface area contributed by atoms with Crippen LogP contribution in [-0.2, 0) is 9.53 Å². The number of urea groups is 1. The molecule has 1 heterocycles. The third kappa shape index (κ3) is 4.28. The van der Waals surface area contributed by atoms with E-state index >= 15 is 0 Å². The van der Waals surface area contributed by atoms with Gasteiger partial charge in [0, 0.05) is 19.5 Å². The number of carbonyl (C=O) groups is 2. The highest BCUT2D eigenvalue weighted by molar-refractivity contribution is 5.83. The minimum Gasteiger partial charge on any atom is -0.467 e. The summed E-state index contributed by atoms with van der Waals surface area (Å²) in [6, 6.07) is -1.79. The molecule has 1 aliphatic heterocycles. The molecular weight excluding hydrogens is 282 g/mol. The van der Waals surface area contributed by atoms with Crippen molar-refractivity contribution in [3.8, 4) is 0 Å². The van der Waals surface area contributed by atoms with Gasteiger partial charge in [0.2, 0.25) is 5.92 Å². The summed E-state index contributed by atoms with van der Waals surface area (Å²) in [5, 5.41) is 2.37. The lowest BCUT2D eigenvalue weighted by molar-refractivity contribution is -0.145. The van der Waals surface area contributed by atoms with Crippen LogP contribution in [0.2, 0.25) is 0 Å². The second-order valence-electron chi connectivity index (χ2n) is 6.29. The van der Waals surface area contributed by atoms with Gasteiger partial charge in [-0.2, -0.15) is 0 Å². The van der Waals surface area contributed by atoms with E-state index < -0.39 is 30.4 Å². The second kappa shape index (κ2) is 5.77. The third-order valence-electron chi connectivity index (χ3n) is 4.41. The number of methoxy groups -OCH3 is 1. The van der Waals surface area contributed by atoms with Crippen LogP contribution in [0.4, 0.5) is 13.6 Å². The smallest absolute Gasteiger partial charge is 0.328 e. The lowest BCUT2D eigenvalue weighted by atomic mass is 9.94. The van der Waals surface area contributed by atoms with Crippen LogP contribution in [0.3, 0.4) is 0 Å². The first kappa shape index (κ1) is 16.0. The molecule has 1 spiro atoms. The first-order valence-corrected chi connectivity index (χ1v) is 7.26. The van der Waals surface area contributed by atoms with Gasteiger partial charge < -0.3 is 15.0 Å².